The molecule has 0 aliphatic rings. The molecule has 0 saturated carbocycles. The minimum absolute atomic E-state index is 0.515. The maximum absolute atomic E-state index is 13.4. The fraction of sp³-hybridized carbons (Fsp3) is 0. The Morgan fingerprint density at radius 3 is 1.27 bits per heavy atom. The molecule has 0 spiro atoms. The van der Waals surface area contributed by atoms with E-state index in [9.17, 15) is 82.6 Å². The van der Waals surface area contributed by atoms with Gasteiger partial charge in [0, 0.05) is 5.56 Å². The van der Waals surface area contributed by atoms with E-state index in [0.29, 0.717) is 12.1 Å². The normalized spacial score (nSPS) is 13.9. The highest BCUT2D eigenvalue weighted by Crippen LogP contribution is 2.43. The van der Waals surface area contributed by atoms with Crippen LogP contribution < -0.4 is 5.43 Å². The molecule has 0 aliphatic carbocycles. The lowest BCUT2D eigenvalue weighted by Crippen LogP contribution is -2.24. The van der Waals surface area contributed by atoms with Gasteiger partial charge in [-0.05, 0) is 12.1 Å². The summed E-state index contributed by atoms with van der Waals surface area (Å²) in [7, 11) is -37.4. The fourth-order valence-corrected chi connectivity index (χ4v) is 9.81. The first-order chi connectivity index (χ1) is 18.1. The van der Waals surface area contributed by atoms with E-state index >= 15 is 0 Å². The largest absolute Gasteiger partial charge is 0.453 e. The van der Waals surface area contributed by atoms with Crippen LogP contribution in [0.2, 0.25) is 0 Å². The minimum Gasteiger partial charge on any atom is -0.453 e. The molecule has 20 nitrogen and oxygen atoms in total. The first-order valence-corrected chi connectivity index (χ1v) is 17.9. The minimum atomic E-state index is -6.52. The number of fused-ring (bicyclic) bond motifs is 1. The summed E-state index contributed by atoms with van der Waals surface area (Å²) in [5.74, 6) is -1.80. The zero-order chi connectivity index (χ0) is 31.9. The second kappa shape index (κ2) is 9.57. The highest BCUT2D eigenvalue weighted by atomic mass is 32.2. The Morgan fingerprint density at radius 2 is 0.878 bits per heavy atom. The molecule has 0 unspecified atom stereocenters. The lowest BCUT2D eigenvalue weighted by atomic mass is 10.1. The van der Waals surface area contributed by atoms with Crippen LogP contribution in [-0.2, 0) is 60.7 Å². The zero-order valence-corrected chi connectivity index (χ0v) is 23.6. The van der Waals surface area contributed by atoms with Crippen molar-refractivity contribution in [3.05, 3.63) is 34.5 Å². The summed E-state index contributed by atoms with van der Waals surface area (Å²) in [6, 6.07) is 2.80. The van der Waals surface area contributed by atoms with Gasteiger partial charge in [-0.15, -0.1) is 0 Å². The van der Waals surface area contributed by atoms with Gasteiger partial charge in [-0.3, -0.25) is 32.1 Å². The first-order valence-electron chi connectivity index (χ1n) is 9.26. The maximum atomic E-state index is 13.4. The molecule has 0 saturated heterocycles. The van der Waals surface area contributed by atoms with Crippen molar-refractivity contribution < 1.29 is 82.2 Å². The molecule has 3 aromatic rings. The van der Waals surface area contributed by atoms with Gasteiger partial charge >= 0.3 is 10.1 Å². The van der Waals surface area contributed by atoms with Crippen molar-refractivity contribution in [2.75, 3.05) is 0 Å². The molecular formula is C15H10O20S6. The number of hydrogen-bond donors (Lipinski definition) is 6. The van der Waals surface area contributed by atoms with Crippen LogP contribution in [0.3, 0.4) is 0 Å². The Morgan fingerprint density at radius 1 is 0.488 bits per heavy atom. The maximum Gasteiger partial charge on any atom is 0.302 e. The van der Waals surface area contributed by atoms with Crippen LogP contribution in [0.25, 0.3) is 22.3 Å². The van der Waals surface area contributed by atoms with Crippen molar-refractivity contribution in [1.29, 1.82) is 0 Å². The summed E-state index contributed by atoms with van der Waals surface area (Å²) in [6.07, 6.45) is 0. The lowest BCUT2D eigenvalue weighted by Gasteiger charge is -2.17. The summed E-state index contributed by atoms with van der Waals surface area (Å²) in [4.78, 5) is -0.956. The average molecular weight is 703 g/mol. The topological polar surface area (TPSA) is 356 Å². The van der Waals surface area contributed by atoms with E-state index in [0.717, 1.165) is 12.1 Å². The van der Waals surface area contributed by atoms with Crippen molar-refractivity contribution in [2.45, 2.75) is 29.4 Å². The third kappa shape index (κ3) is 5.89. The van der Waals surface area contributed by atoms with E-state index in [-0.39, 0.29) is 0 Å². The number of hydrogen-bond acceptors (Lipinski definition) is 14. The Balaban J connectivity index is 3.12. The second-order valence-corrected chi connectivity index (χ2v) is 15.6. The molecule has 1 heterocycles. The molecule has 2 aromatic carbocycles. The third-order valence-corrected chi connectivity index (χ3v) is 10.7. The highest BCUT2D eigenvalue weighted by Gasteiger charge is 2.44. The van der Waals surface area contributed by atoms with Gasteiger partial charge in [0.1, 0.15) is 19.6 Å². The fourth-order valence-electron chi connectivity index (χ4n) is 3.55. The Bertz CT molecular complexity index is 2400. The number of benzene rings is 2. The molecule has 1 aromatic heterocycles. The van der Waals surface area contributed by atoms with Crippen molar-refractivity contribution in [2.24, 2.45) is 0 Å². The third-order valence-electron chi connectivity index (χ3n) is 4.82. The summed E-state index contributed by atoms with van der Waals surface area (Å²) in [6.45, 7) is 0. The quantitative estimate of drug-likeness (QED) is 0.160. The zero-order valence-electron chi connectivity index (χ0n) is 18.7. The Hall–Kier alpha value is -2.89. The van der Waals surface area contributed by atoms with Gasteiger partial charge in [-0.25, -0.2) is 0 Å². The molecular weight excluding hydrogens is 693 g/mol. The molecule has 0 amide bonds. The summed E-state index contributed by atoms with van der Waals surface area (Å²) in [5, 5.41) is -2.28. The van der Waals surface area contributed by atoms with Crippen molar-refractivity contribution in [3.63, 3.8) is 0 Å². The molecule has 26 heteroatoms. The van der Waals surface area contributed by atoms with E-state index < -0.39 is 118 Å². The van der Waals surface area contributed by atoms with E-state index in [1.807, 2.05) is 0 Å². The predicted octanol–water partition coefficient (Wildman–Crippen LogP) is -1.06. The molecule has 0 bridgehead atoms. The second-order valence-electron chi connectivity index (χ2n) is 7.46. The Kier molecular flexibility index (Phi) is 7.61. The van der Waals surface area contributed by atoms with Crippen molar-refractivity contribution >= 4 is 71.7 Å². The van der Waals surface area contributed by atoms with Gasteiger partial charge < -0.3 is 4.42 Å². The van der Waals surface area contributed by atoms with E-state index in [4.69, 9.17) is 4.42 Å². The van der Waals surface area contributed by atoms with Crippen molar-refractivity contribution in [1.82, 2.24) is 0 Å². The molecule has 0 atom stereocenters. The van der Waals surface area contributed by atoms with Gasteiger partial charge in [0.05, 0.1) is 5.39 Å². The van der Waals surface area contributed by atoms with Gasteiger partial charge in [-0.2, -0.15) is 50.5 Å². The molecule has 0 radical (unpaired) electrons. The molecule has 41 heavy (non-hydrogen) atoms. The van der Waals surface area contributed by atoms with E-state index in [1.54, 1.807) is 0 Å². The molecule has 3 rings (SSSR count). The molecule has 0 aliphatic heterocycles. The van der Waals surface area contributed by atoms with Crippen LogP contribution >= 0.6 is 0 Å². The predicted molar refractivity (Wildman–Crippen MR) is 127 cm³/mol. The highest BCUT2D eigenvalue weighted by molar-refractivity contribution is 7.92. The molecule has 6 N–H and O–H groups in total. The first kappa shape index (κ1) is 32.6. The van der Waals surface area contributed by atoms with Crippen LogP contribution in [0, 0.1) is 0 Å². The smallest absolute Gasteiger partial charge is 0.302 e. The van der Waals surface area contributed by atoms with Gasteiger partial charge in [0.25, 0.3) is 50.6 Å². The van der Waals surface area contributed by atoms with Crippen LogP contribution in [0.4, 0.5) is 0 Å². The van der Waals surface area contributed by atoms with Crippen LogP contribution in [0.1, 0.15) is 0 Å². The van der Waals surface area contributed by atoms with Gasteiger partial charge in [-0.1, -0.05) is 12.1 Å². The van der Waals surface area contributed by atoms with Crippen LogP contribution in [0.5, 0.6) is 0 Å². The Labute approximate surface area is 228 Å². The van der Waals surface area contributed by atoms with E-state index in [1.165, 1.54) is 0 Å². The van der Waals surface area contributed by atoms with Crippen LogP contribution in [0.15, 0.2) is 62.9 Å². The SMILES string of the molecule is O=c1c(S(=O)(=O)O)c(-c2ccccc2S(=O)(=O)O)oc2c(S(=O)(=O)O)c(S(=O)(=O)O)c(S(=O)(=O)O)c(S(=O)(=O)O)c12. The van der Waals surface area contributed by atoms with E-state index in [2.05, 4.69) is 0 Å². The van der Waals surface area contributed by atoms with Crippen LogP contribution in [-0.4, -0.2) is 77.8 Å². The average Bonchev–Trinajstić information content (AvgIpc) is 2.73. The standard InChI is InChI=1S/C15H10O20S6/c16-8-7-10(35-9(12(8)38(23,24)25)5-3-1-2-4-6(5)36(17,18)19)13(39(26,27)28)15(41(32,33)34)14(40(29,30)31)11(7)37(20,21)22/h1-4H,(H,17,18,19)(H,20,21,22)(H,23,24,25)(H,26,27,28)(H,29,30,31)(H,32,33,34). The van der Waals surface area contributed by atoms with Crippen molar-refractivity contribution in [3.8, 4) is 11.3 Å². The van der Waals surface area contributed by atoms with Gasteiger partial charge in [0.2, 0.25) is 5.43 Å². The van der Waals surface area contributed by atoms with Gasteiger partial charge in [0.15, 0.2) is 21.1 Å². The summed E-state index contributed by atoms with van der Waals surface area (Å²) >= 11 is 0. The summed E-state index contributed by atoms with van der Waals surface area (Å²) < 4.78 is 208. The summed E-state index contributed by atoms with van der Waals surface area (Å²) in [5.41, 5.74) is -5.99. The molecule has 0 fully saturated rings. The number of rotatable bonds is 7. The monoisotopic (exact) mass is 702 g/mol. The lowest BCUT2D eigenvalue weighted by molar-refractivity contribution is 0.445. The molecule has 226 valence electrons.